The average Bonchev–Trinajstić information content (AvgIpc) is 2.68. The van der Waals surface area contributed by atoms with Crippen molar-refractivity contribution >= 4 is 17.3 Å². The Hall–Kier alpha value is -1.62. The minimum absolute atomic E-state index is 0.0111. The highest BCUT2D eigenvalue weighted by atomic mass is 35.5. The monoisotopic (exact) mass is 243 g/mol. The van der Waals surface area contributed by atoms with Crippen LogP contribution in [0.5, 0.6) is 0 Å². The van der Waals surface area contributed by atoms with E-state index >= 15 is 0 Å². The van der Waals surface area contributed by atoms with E-state index in [1.165, 1.54) is 0 Å². The normalized spacial score (nSPS) is 10.4. The standard InChI is InChI=1S/C10H8ClF2N3/c11-8-3-6(12)4-9(13)10(8)14-5-7-1-2-15-16-7/h1-4,14H,5H2,(H,15,16). The minimum Gasteiger partial charge on any atom is -0.376 e. The molecule has 2 aromatic rings. The molecule has 2 rings (SSSR count). The van der Waals surface area contributed by atoms with E-state index in [1.54, 1.807) is 12.3 Å². The van der Waals surface area contributed by atoms with Crippen LogP contribution in [-0.4, -0.2) is 10.2 Å². The van der Waals surface area contributed by atoms with Gasteiger partial charge in [0.15, 0.2) is 5.82 Å². The van der Waals surface area contributed by atoms with Crippen LogP contribution in [0, 0.1) is 11.6 Å². The van der Waals surface area contributed by atoms with Crippen LogP contribution in [0.3, 0.4) is 0 Å². The number of nitrogens with zero attached hydrogens (tertiary/aromatic N) is 1. The molecule has 0 saturated carbocycles. The van der Waals surface area contributed by atoms with E-state index in [4.69, 9.17) is 11.6 Å². The van der Waals surface area contributed by atoms with Crippen LogP contribution in [-0.2, 0) is 6.54 Å². The fraction of sp³-hybridized carbons (Fsp3) is 0.100. The Morgan fingerprint density at radius 3 is 2.81 bits per heavy atom. The number of rotatable bonds is 3. The molecule has 1 aromatic carbocycles. The van der Waals surface area contributed by atoms with Crippen molar-refractivity contribution in [2.24, 2.45) is 0 Å². The van der Waals surface area contributed by atoms with Crippen molar-refractivity contribution in [3.05, 3.63) is 46.7 Å². The predicted molar refractivity (Wildman–Crippen MR) is 57.3 cm³/mol. The molecule has 6 heteroatoms. The third kappa shape index (κ3) is 2.30. The average molecular weight is 244 g/mol. The Morgan fingerprint density at radius 2 is 2.19 bits per heavy atom. The van der Waals surface area contributed by atoms with Crippen molar-refractivity contribution in [2.45, 2.75) is 6.54 Å². The topological polar surface area (TPSA) is 40.7 Å². The zero-order chi connectivity index (χ0) is 11.5. The number of H-pyrrole nitrogens is 1. The molecule has 0 bridgehead atoms. The maximum atomic E-state index is 13.3. The molecule has 1 heterocycles. The lowest BCUT2D eigenvalue weighted by molar-refractivity contribution is 0.585. The molecule has 0 spiro atoms. The first-order valence-electron chi connectivity index (χ1n) is 4.53. The highest BCUT2D eigenvalue weighted by molar-refractivity contribution is 6.33. The van der Waals surface area contributed by atoms with E-state index in [-0.39, 0.29) is 10.7 Å². The van der Waals surface area contributed by atoms with Crippen molar-refractivity contribution < 1.29 is 8.78 Å². The van der Waals surface area contributed by atoms with Crippen LogP contribution in [0.2, 0.25) is 5.02 Å². The summed E-state index contributed by atoms with van der Waals surface area (Å²) in [5.74, 6) is -1.42. The first kappa shape index (κ1) is 10.9. The predicted octanol–water partition coefficient (Wildman–Crippen LogP) is 2.95. The molecule has 0 aliphatic heterocycles. The fourth-order valence-corrected chi connectivity index (χ4v) is 1.54. The molecule has 1 aromatic heterocycles. The van der Waals surface area contributed by atoms with E-state index in [0.717, 1.165) is 17.8 Å². The summed E-state index contributed by atoms with van der Waals surface area (Å²) < 4.78 is 26.1. The van der Waals surface area contributed by atoms with Crippen molar-refractivity contribution in [3.63, 3.8) is 0 Å². The Balaban J connectivity index is 2.15. The van der Waals surface area contributed by atoms with Gasteiger partial charge >= 0.3 is 0 Å². The van der Waals surface area contributed by atoms with Gasteiger partial charge in [-0.1, -0.05) is 11.6 Å². The van der Waals surface area contributed by atoms with Crippen molar-refractivity contribution in [1.29, 1.82) is 0 Å². The number of hydrogen-bond acceptors (Lipinski definition) is 2. The summed E-state index contributed by atoms with van der Waals surface area (Å²) in [6.45, 7) is 0.336. The van der Waals surface area contributed by atoms with Crippen LogP contribution in [0.1, 0.15) is 5.69 Å². The highest BCUT2D eigenvalue weighted by Gasteiger charge is 2.09. The molecule has 0 aliphatic carbocycles. The van der Waals surface area contributed by atoms with Gasteiger partial charge in [-0.15, -0.1) is 0 Å². The smallest absolute Gasteiger partial charge is 0.150 e. The minimum atomic E-state index is -0.718. The fourth-order valence-electron chi connectivity index (χ4n) is 1.28. The van der Waals surface area contributed by atoms with Gasteiger partial charge in [0.05, 0.1) is 22.9 Å². The molecule has 0 amide bonds. The molecule has 84 valence electrons. The Labute approximate surface area is 95.4 Å². The summed E-state index contributed by atoms with van der Waals surface area (Å²) in [7, 11) is 0. The van der Waals surface area contributed by atoms with E-state index in [1.807, 2.05) is 0 Å². The molecule has 16 heavy (non-hydrogen) atoms. The number of nitrogens with one attached hydrogen (secondary N) is 2. The summed E-state index contributed by atoms with van der Waals surface area (Å²) in [4.78, 5) is 0. The summed E-state index contributed by atoms with van der Waals surface area (Å²) in [5, 5.41) is 9.22. The number of aromatic nitrogens is 2. The zero-order valence-electron chi connectivity index (χ0n) is 8.10. The summed E-state index contributed by atoms with van der Waals surface area (Å²) in [5.41, 5.74) is 0.859. The maximum absolute atomic E-state index is 13.3. The second-order valence-electron chi connectivity index (χ2n) is 3.18. The lowest BCUT2D eigenvalue weighted by Crippen LogP contribution is -2.03. The van der Waals surface area contributed by atoms with Crippen molar-refractivity contribution in [3.8, 4) is 0 Å². The largest absolute Gasteiger partial charge is 0.376 e. The van der Waals surface area contributed by atoms with Gasteiger partial charge in [-0.05, 0) is 12.1 Å². The molecule has 3 nitrogen and oxygen atoms in total. The van der Waals surface area contributed by atoms with Crippen LogP contribution in [0.15, 0.2) is 24.4 Å². The molecule has 0 atom stereocenters. The van der Waals surface area contributed by atoms with Gasteiger partial charge in [-0.3, -0.25) is 5.10 Å². The zero-order valence-corrected chi connectivity index (χ0v) is 8.85. The second kappa shape index (κ2) is 4.49. The van der Waals surface area contributed by atoms with Crippen LogP contribution in [0.25, 0.3) is 0 Å². The number of hydrogen-bond donors (Lipinski definition) is 2. The van der Waals surface area contributed by atoms with E-state index in [2.05, 4.69) is 15.5 Å². The summed E-state index contributed by atoms with van der Waals surface area (Å²) in [6.07, 6.45) is 1.58. The Bertz CT molecular complexity index is 462. The molecule has 0 unspecified atom stereocenters. The van der Waals surface area contributed by atoms with Crippen molar-refractivity contribution in [2.75, 3.05) is 5.32 Å². The number of anilines is 1. The van der Waals surface area contributed by atoms with E-state index in [0.29, 0.717) is 6.54 Å². The second-order valence-corrected chi connectivity index (χ2v) is 3.59. The number of halogens is 3. The quantitative estimate of drug-likeness (QED) is 0.870. The molecule has 2 N–H and O–H groups in total. The summed E-state index contributed by atoms with van der Waals surface area (Å²) in [6, 6.07) is 3.57. The third-order valence-corrected chi connectivity index (χ3v) is 2.32. The van der Waals surface area contributed by atoms with Crippen molar-refractivity contribution in [1.82, 2.24) is 10.2 Å². The molecule has 0 fully saturated rings. The molecular formula is C10H8ClF2N3. The Morgan fingerprint density at radius 1 is 1.38 bits per heavy atom. The molecule has 0 saturated heterocycles. The van der Waals surface area contributed by atoms with Crippen LogP contribution in [0.4, 0.5) is 14.5 Å². The summed E-state index contributed by atoms with van der Waals surface area (Å²) >= 11 is 5.71. The van der Waals surface area contributed by atoms with Gasteiger partial charge in [0.1, 0.15) is 5.82 Å². The van der Waals surface area contributed by atoms with Gasteiger partial charge < -0.3 is 5.32 Å². The lowest BCUT2D eigenvalue weighted by atomic mass is 10.3. The first-order chi connectivity index (χ1) is 7.66. The number of benzene rings is 1. The molecule has 0 aliphatic rings. The molecular weight excluding hydrogens is 236 g/mol. The number of aromatic amines is 1. The lowest BCUT2D eigenvalue weighted by Gasteiger charge is -2.08. The van der Waals surface area contributed by atoms with E-state index in [9.17, 15) is 8.78 Å². The van der Waals surface area contributed by atoms with E-state index < -0.39 is 11.6 Å². The maximum Gasteiger partial charge on any atom is 0.150 e. The van der Waals surface area contributed by atoms with Gasteiger partial charge in [0.2, 0.25) is 0 Å². The molecule has 0 radical (unpaired) electrons. The van der Waals surface area contributed by atoms with Crippen LogP contribution < -0.4 is 5.32 Å². The SMILES string of the molecule is Fc1cc(F)c(NCc2ccn[nH]2)c(Cl)c1. The van der Waals surface area contributed by atoms with Gasteiger partial charge in [0.25, 0.3) is 0 Å². The third-order valence-electron chi connectivity index (χ3n) is 2.02. The van der Waals surface area contributed by atoms with Gasteiger partial charge in [-0.2, -0.15) is 5.10 Å². The first-order valence-corrected chi connectivity index (χ1v) is 4.91. The van der Waals surface area contributed by atoms with Crippen LogP contribution >= 0.6 is 11.6 Å². The van der Waals surface area contributed by atoms with Gasteiger partial charge in [-0.25, -0.2) is 8.78 Å². The highest BCUT2D eigenvalue weighted by Crippen LogP contribution is 2.26. The Kier molecular flexibility index (Phi) is 3.05. The van der Waals surface area contributed by atoms with Gasteiger partial charge in [0, 0.05) is 12.3 Å².